The Balaban J connectivity index is 1.15. The molecule has 178 valence electrons. The molecule has 2 aromatic rings. The minimum absolute atomic E-state index is 0.0106. The first kappa shape index (κ1) is 24.0. The van der Waals surface area contributed by atoms with Gasteiger partial charge in [-0.15, -0.1) is 0 Å². The highest BCUT2D eigenvalue weighted by atomic mass is 32.2. The number of hydrogen-bond acceptors (Lipinski definition) is 7. The molecule has 7 nitrogen and oxygen atoms in total. The minimum Gasteiger partial charge on any atom is -0.483 e. The summed E-state index contributed by atoms with van der Waals surface area (Å²) < 4.78 is 8.06. The molecule has 1 fully saturated rings. The second-order valence-corrected chi connectivity index (χ2v) is 9.87. The summed E-state index contributed by atoms with van der Waals surface area (Å²) in [6, 6.07) is 16.6. The van der Waals surface area contributed by atoms with E-state index in [1.807, 2.05) is 24.3 Å². The van der Waals surface area contributed by atoms with Gasteiger partial charge in [0, 0.05) is 52.4 Å². The van der Waals surface area contributed by atoms with Crippen LogP contribution in [-0.4, -0.2) is 77.8 Å². The Hall–Kier alpha value is -2.10. The molecule has 2 aliphatic heterocycles. The van der Waals surface area contributed by atoms with Crippen LogP contribution in [0.4, 0.5) is 0 Å². The molecule has 8 heteroatoms. The Bertz CT molecular complexity index is 926. The molecular formula is C25H34N4O3S. The van der Waals surface area contributed by atoms with Gasteiger partial charge in [-0.25, -0.2) is 4.31 Å². The highest BCUT2D eigenvalue weighted by molar-refractivity contribution is 7.97. The van der Waals surface area contributed by atoms with Crippen molar-refractivity contribution >= 4 is 17.9 Å². The Morgan fingerprint density at radius 3 is 2.79 bits per heavy atom. The van der Waals surface area contributed by atoms with Gasteiger partial charge in [0.2, 0.25) is 0 Å². The summed E-state index contributed by atoms with van der Waals surface area (Å²) in [5.74, 6) is 0.618. The van der Waals surface area contributed by atoms with Crippen molar-refractivity contribution in [3.05, 3.63) is 59.7 Å². The first-order valence-corrected chi connectivity index (χ1v) is 12.5. The molecule has 1 saturated heterocycles. The molecule has 0 spiro atoms. The molecule has 1 unspecified atom stereocenters. The number of para-hydroxylation sites is 1. The SMILES string of the molecule is CN(O)C1CCN(Sc2ccccc2OCC(=O)NCCCN2CCc3ccccc3C2)C1. The molecule has 0 aromatic heterocycles. The lowest BCUT2D eigenvalue weighted by molar-refractivity contribution is -0.123. The zero-order valence-corrected chi connectivity index (χ0v) is 20.1. The summed E-state index contributed by atoms with van der Waals surface area (Å²) in [4.78, 5) is 15.7. The van der Waals surface area contributed by atoms with Gasteiger partial charge in [0.15, 0.2) is 6.61 Å². The van der Waals surface area contributed by atoms with Gasteiger partial charge >= 0.3 is 0 Å². The number of hydrogen-bond donors (Lipinski definition) is 2. The van der Waals surface area contributed by atoms with Gasteiger partial charge in [-0.2, -0.15) is 5.06 Å². The van der Waals surface area contributed by atoms with Gasteiger partial charge < -0.3 is 15.3 Å². The van der Waals surface area contributed by atoms with Gasteiger partial charge in [-0.3, -0.25) is 9.69 Å². The maximum Gasteiger partial charge on any atom is 0.257 e. The molecule has 2 aliphatic rings. The molecule has 4 rings (SSSR count). The highest BCUT2D eigenvalue weighted by Crippen LogP contribution is 2.34. The lowest BCUT2D eigenvalue weighted by Crippen LogP contribution is -2.35. The number of hydroxylamine groups is 2. The van der Waals surface area contributed by atoms with Gasteiger partial charge in [0.1, 0.15) is 5.75 Å². The number of amides is 1. The molecule has 2 aromatic carbocycles. The van der Waals surface area contributed by atoms with Gasteiger partial charge in [0.05, 0.1) is 4.90 Å². The largest absolute Gasteiger partial charge is 0.483 e. The summed E-state index contributed by atoms with van der Waals surface area (Å²) in [6.45, 7) is 5.40. The number of carbonyl (C=O) groups is 1. The normalized spacial score (nSPS) is 18.9. The highest BCUT2D eigenvalue weighted by Gasteiger charge is 2.26. The van der Waals surface area contributed by atoms with Crippen LogP contribution in [0.2, 0.25) is 0 Å². The summed E-state index contributed by atoms with van der Waals surface area (Å²) in [6.07, 6.45) is 2.95. The van der Waals surface area contributed by atoms with E-state index in [9.17, 15) is 10.0 Å². The van der Waals surface area contributed by atoms with Crippen LogP contribution in [0.5, 0.6) is 5.75 Å². The molecular weight excluding hydrogens is 436 g/mol. The van der Waals surface area contributed by atoms with Crippen molar-refractivity contribution in [2.75, 3.05) is 46.4 Å². The van der Waals surface area contributed by atoms with Crippen LogP contribution in [-0.2, 0) is 17.8 Å². The van der Waals surface area contributed by atoms with Crippen LogP contribution < -0.4 is 10.1 Å². The molecule has 0 radical (unpaired) electrons. The summed E-state index contributed by atoms with van der Waals surface area (Å²) in [5, 5.41) is 13.9. The predicted molar refractivity (Wildman–Crippen MR) is 130 cm³/mol. The van der Waals surface area contributed by atoms with Gasteiger partial charge in [0.25, 0.3) is 5.91 Å². The van der Waals surface area contributed by atoms with E-state index in [1.165, 1.54) is 16.2 Å². The fraction of sp³-hybridized carbons (Fsp3) is 0.480. The van der Waals surface area contributed by atoms with Crippen molar-refractivity contribution < 1.29 is 14.7 Å². The van der Waals surface area contributed by atoms with Crippen LogP contribution in [0.25, 0.3) is 0 Å². The zero-order valence-electron chi connectivity index (χ0n) is 19.3. The Labute approximate surface area is 200 Å². The van der Waals surface area contributed by atoms with Crippen molar-refractivity contribution in [2.24, 2.45) is 0 Å². The monoisotopic (exact) mass is 470 g/mol. The molecule has 0 saturated carbocycles. The fourth-order valence-electron chi connectivity index (χ4n) is 4.35. The van der Waals surface area contributed by atoms with Crippen LogP contribution in [0, 0.1) is 0 Å². The first-order valence-electron chi connectivity index (χ1n) is 11.7. The first-order chi connectivity index (χ1) is 16.1. The quantitative estimate of drug-likeness (QED) is 0.314. The van der Waals surface area contributed by atoms with E-state index in [0.29, 0.717) is 12.3 Å². The van der Waals surface area contributed by atoms with Crippen molar-refractivity contribution in [3.8, 4) is 5.75 Å². The second kappa shape index (κ2) is 11.9. The topological polar surface area (TPSA) is 68.3 Å². The summed E-state index contributed by atoms with van der Waals surface area (Å²) in [5.41, 5.74) is 2.88. The van der Waals surface area contributed by atoms with E-state index in [-0.39, 0.29) is 18.6 Å². The summed E-state index contributed by atoms with van der Waals surface area (Å²) in [7, 11) is 1.69. The average molecular weight is 471 g/mol. The molecule has 0 bridgehead atoms. The van der Waals surface area contributed by atoms with Gasteiger partial charge in [-0.1, -0.05) is 36.4 Å². The van der Waals surface area contributed by atoms with E-state index < -0.39 is 0 Å². The van der Waals surface area contributed by atoms with Gasteiger partial charge in [-0.05, 0) is 54.5 Å². The number of nitrogens with one attached hydrogen (secondary N) is 1. The van der Waals surface area contributed by atoms with E-state index >= 15 is 0 Å². The number of carbonyl (C=O) groups excluding carboxylic acids is 1. The van der Waals surface area contributed by atoms with E-state index in [0.717, 1.165) is 56.9 Å². The van der Waals surface area contributed by atoms with E-state index in [1.54, 1.807) is 19.0 Å². The number of nitrogens with zero attached hydrogens (tertiary/aromatic N) is 3. The number of benzene rings is 2. The second-order valence-electron chi connectivity index (χ2n) is 8.73. The van der Waals surface area contributed by atoms with E-state index in [4.69, 9.17) is 4.74 Å². The lowest BCUT2D eigenvalue weighted by Gasteiger charge is -2.28. The zero-order chi connectivity index (χ0) is 23.0. The molecule has 33 heavy (non-hydrogen) atoms. The van der Waals surface area contributed by atoms with Crippen LogP contribution in [0.3, 0.4) is 0 Å². The smallest absolute Gasteiger partial charge is 0.257 e. The molecule has 2 N–H and O–H groups in total. The summed E-state index contributed by atoms with van der Waals surface area (Å²) >= 11 is 1.62. The van der Waals surface area contributed by atoms with Crippen LogP contribution >= 0.6 is 11.9 Å². The van der Waals surface area contributed by atoms with Crippen molar-refractivity contribution in [1.29, 1.82) is 0 Å². The number of fused-ring (bicyclic) bond motifs is 1. The third-order valence-corrected chi connectivity index (χ3v) is 7.40. The van der Waals surface area contributed by atoms with E-state index in [2.05, 4.69) is 38.8 Å². The average Bonchev–Trinajstić information content (AvgIpc) is 3.30. The standard InChI is InChI=1S/C25H34N4O3S/c1-27(31)22-12-16-29(18-22)33-24-10-5-4-9-23(24)32-19-25(30)26-13-6-14-28-15-11-20-7-2-3-8-21(20)17-28/h2-5,7-10,22,31H,6,11-19H2,1H3,(H,26,30). The maximum absolute atomic E-state index is 12.3. The Morgan fingerprint density at radius 2 is 1.97 bits per heavy atom. The fourth-order valence-corrected chi connectivity index (χ4v) is 5.43. The van der Waals surface area contributed by atoms with Crippen molar-refractivity contribution in [2.45, 2.75) is 36.7 Å². The van der Waals surface area contributed by atoms with Crippen molar-refractivity contribution in [3.63, 3.8) is 0 Å². The molecule has 1 atom stereocenters. The maximum atomic E-state index is 12.3. The van der Waals surface area contributed by atoms with Crippen molar-refractivity contribution in [1.82, 2.24) is 19.6 Å². The number of ether oxygens (including phenoxy) is 1. The van der Waals surface area contributed by atoms with Crippen LogP contribution in [0.1, 0.15) is 24.0 Å². The predicted octanol–water partition coefficient (Wildman–Crippen LogP) is 3.03. The third-order valence-electron chi connectivity index (χ3n) is 6.27. The number of likely N-dealkylation sites (N-methyl/N-ethyl adjacent to an activating group) is 1. The Morgan fingerprint density at radius 1 is 1.18 bits per heavy atom. The van der Waals surface area contributed by atoms with Crippen LogP contribution in [0.15, 0.2) is 53.4 Å². The Kier molecular flexibility index (Phi) is 8.63. The third kappa shape index (κ3) is 6.94. The molecule has 1 amide bonds. The molecule has 0 aliphatic carbocycles. The lowest BCUT2D eigenvalue weighted by atomic mass is 10.00. The minimum atomic E-state index is -0.0954. The molecule has 2 heterocycles. The number of rotatable bonds is 10.